The second-order valence-electron chi connectivity index (χ2n) is 3.42. The lowest BCUT2D eigenvalue weighted by Gasteiger charge is -2.01. The van der Waals surface area contributed by atoms with E-state index in [1.54, 1.807) is 17.4 Å². The van der Waals surface area contributed by atoms with Crippen molar-refractivity contribution < 1.29 is 4.39 Å². The topological polar surface area (TPSA) is 12.0 Å². The van der Waals surface area contributed by atoms with Crippen molar-refractivity contribution in [3.8, 4) is 10.4 Å². The van der Waals surface area contributed by atoms with Crippen LogP contribution in [0, 0.1) is 5.82 Å². The largest absolute Gasteiger partial charge is 0.315 e. The summed E-state index contributed by atoms with van der Waals surface area (Å²) in [7, 11) is 1.90. The smallest absolute Gasteiger partial charge is 0.123 e. The Bertz CT molecular complexity index is 496. The molecule has 0 amide bonds. The van der Waals surface area contributed by atoms with Gasteiger partial charge in [-0.15, -0.1) is 11.3 Å². The van der Waals surface area contributed by atoms with Crippen molar-refractivity contribution in [1.29, 1.82) is 0 Å². The van der Waals surface area contributed by atoms with Gasteiger partial charge < -0.3 is 5.32 Å². The first-order valence-corrected chi connectivity index (χ1v) is 6.09. The first-order valence-electron chi connectivity index (χ1n) is 4.89. The highest BCUT2D eigenvalue weighted by Crippen LogP contribution is 2.33. The number of thiophene rings is 1. The van der Waals surface area contributed by atoms with E-state index >= 15 is 0 Å². The molecule has 84 valence electrons. The Balaban J connectivity index is 2.38. The van der Waals surface area contributed by atoms with Crippen LogP contribution in [-0.4, -0.2) is 7.05 Å². The highest BCUT2D eigenvalue weighted by molar-refractivity contribution is 7.15. The molecule has 1 nitrogen and oxygen atoms in total. The Labute approximate surface area is 103 Å². The van der Waals surface area contributed by atoms with Crippen LogP contribution in [0.3, 0.4) is 0 Å². The molecule has 0 atom stereocenters. The number of benzene rings is 1. The van der Waals surface area contributed by atoms with Crippen LogP contribution in [0.5, 0.6) is 0 Å². The fraction of sp³-hybridized carbons (Fsp3) is 0.167. The molecule has 0 saturated heterocycles. The van der Waals surface area contributed by atoms with Crippen molar-refractivity contribution in [2.24, 2.45) is 0 Å². The molecular weight excluding hydrogens is 245 g/mol. The van der Waals surface area contributed by atoms with E-state index in [1.165, 1.54) is 17.0 Å². The van der Waals surface area contributed by atoms with Crippen LogP contribution in [-0.2, 0) is 6.54 Å². The van der Waals surface area contributed by atoms with Crippen LogP contribution >= 0.6 is 22.9 Å². The van der Waals surface area contributed by atoms with E-state index in [2.05, 4.69) is 5.32 Å². The summed E-state index contributed by atoms with van der Waals surface area (Å²) in [6.45, 7) is 0.817. The summed E-state index contributed by atoms with van der Waals surface area (Å²) >= 11 is 7.66. The molecule has 0 bridgehead atoms. The van der Waals surface area contributed by atoms with Gasteiger partial charge in [-0.2, -0.15) is 0 Å². The normalized spacial score (nSPS) is 10.7. The fourth-order valence-electron chi connectivity index (χ4n) is 1.48. The van der Waals surface area contributed by atoms with Crippen LogP contribution < -0.4 is 5.32 Å². The minimum atomic E-state index is -0.261. The molecule has 0 saturated carbocycles. The van der Waals surface area contributed by atoms with Gasteiger partial charge in [-0.25, -0.2) is 4.39 Å². The first kappa shape index (κ1) is 11.6. The van der Waals surface area contributed by atoms with E-state index in [0.717, 1.165) is 17.0 Å². The average molecular weight is 256 g/mol. The zero-order valence-corrected chi connectivity index (χ0v) is 10.3. The van der Waals surface area contributed by atoms with Gasteiger partial charge in [0.25, 0.3) is 0 Å². The van der Waals surface area contributed by atoms with Gasteiger partial charge >= 0.3 is 0 Å². The van der Waals surface area contributed by atoms with E-state index < -0.39 is 0 Å². The monoisotopic (exact) mass is 255 g/mol. The molecule has 0 aliphatic heterocycles. The lowest BCUT2D eigenvalue weighted by molar-refractivity contribution is 0.628. The second kappa shape index (κ2) is 4.95. The van der Waals surface area contributed by atoms with Gasteiger partial charge in [-0.05, 0) is 37.4 Å². The van der Waals surface area contributed by atoms with E-state index in [9.17, 15) is 4.39 Å². The van der Waals surface area contributed by atoms with Gasteiger partial charge in [0.1, 0.15) is 5.82 Å². The van der Waals surface area contributed by atoms with Crippen molar-refractivity contribution in [1.82, 2.24) is 5.32 Å². The summed E-state index contributed by atoms with van der Waals surface area (Å²) in [6, 6.07) is 8.42. The summed E-state index contributed by atoms with van der Waals surface area (Å²) in [6.07, 6.45) is 0. The van der Waals surface area contributed by atoms with E-state index in [-0.39, 0.29) is 5.82 Å². The molecule has 0 radical (unpaired) electrons. The molecule has 4 heteroatoms. The number of hydrogen-bond acceptors (Lipinski definition) is 2. The Morgan fingerprint density at radius 3 is 2.88 bits per heavy atom. The predicted molar refractivity (Wildman–Crippen MR) is 67.5 cm³/mol. The number of hydrogen-bond donors (Lipinski definition) is 1. The second-order valence-corrected chi connectivity index (χ2v) is 5.00. The minimum Gasteiger partial charge on any atom is -0.315 e. The first-order chi connectivity index (χ1) is 7.70. The Hall–Kier alpha value is -0.900. The molecule has 0 fully saturated rings. The average Bonchev–Trinajstić information content (AvgIpc) is 2.71. The quantitative estimate of drug-likeness (QED) is 0.876. The van der Waals surface area contributed by atoms with Crippen LogP contribution in [0.4, 0.5) is 4.39 Å². The van der Waals surface area contributed by atoms with Gasteiger partial charge in [0.05, 0.1) is 0 Å². The van der Waals surface area contributed by atoms with Gasteiger partial charge in [-0.3, -0.25) is 0 Å². The van der Waals surface area contributed by atoms with Gasteiger partial charge in [-0.1, -0.05) is 11.6 Å². The van der Waals surface area contributed by atoms with Gasteiger partial charge in [0, 0.05) is 26.9 Å². The summed E-state index contributed by atoms with van der Waals surface area (Å²) in [5.74, 6) is -0.261. The predicted octanol–water partition coefficient (Wildman–Crippen LogP) is 3.93. The van der Waals surface area contributed by atoms with Crippen molar-refractivity contribution in [3.63, 3.8) is 0 Å². The van der Waals surface area contributed by atoms with E-state index in [4.69, 9.17) is 11.6 Å². The van der Waals surface area contributed by atoms with Crippen molar-refractivity contribution in [2.45, 2.75) is 6.54 Å². The molecular formula is C12H11ClFNS. The molecule has 1 aromatic carbocycles. The van der Waals surface area contributed by atoms with Crippen LogP contribution in [0.25, 0.3) is 10.4 Å². The summed E-state index contributed by atoms with van der Waals surface area (Å²) in [4.78, 5) is 2.20. The SMILES string of the molecule is CNCc1ccc(-c2cc(F)ccc2Cl)s1. The molecule has 1 aromatic heterocycles. The molecule has 0 aliphatic carbocycles. The Kier molecular flexibility index (Phi) is 3.59. The zero-order chi connectivity index (χ0) is 11.5. The maximum atomic E-state index is 13.1. The zero-order valence-electron chi connectivity index (χ0n) is 8.76. The third-order valence-electron chi connectivity index (χ3n) is 2.21. The lowest BCUT2D eigenvalue weighted by atomic mass is 10.2. The third kappa shape index (κ3) is 2.43. The van der Waals surface area contributed by atoms with E-state index in [1.807, 2.05) is 19.2 Å². The summed E-state index contributed by atoms with van der Waals surface area (Å²) in [5.41, 5.74) is 0.758. The molecule has 1 heterocycles. The van der Waals surface area contributed by atoms with Crippen molar-refractivity contribution in [3.05, 3.63) is 46.0 Å². The van der Waals surface area contributed by atoms with Crippen molar-refractivity contribution in [2.75, 3.05) is 7.05 Å². The van der Waals surface area contributed by atoms with Crippen LogP contribution in [0.15, 0.2) is 30.3 Å². The number of rotatable bonds is 3. The molecule has 2 aromatic rings. The van der Waals surface area contributed by atoms with Crippen molar-refractivity contribution >= 4 is 22.9 Å². The Morgan fingerprint density at radius 2 is 2.12 bits per heavy atom. The number of halogens is 2. The van der Waals surface area contributed by atoms with Gasteiger partial charge in [0.2, 0.25) is 0 Å². The maximum Gasteiger partial charge on any atom is 0.123 e. The third-order valence-corrected chi connectivity index (χ3v) is 3.65. The molecule has 16 heavy (non-hydrogen) atoms. The van der Waals surface area contributed by atoms with Gasteiger partial charge in [0.15, 0.2) is 0 Å². The van der Waals surface area contributed by atoms with Crippen LogP contribution in [0.2, 0.25) is 5.02 Å². The Morgan fingerprint density at radius 1 is 1.31 bits per heavy atom. The molecule has 0 spiro atoms. The summed E-state index contributed by atoms with van der Waals surface area (Å²) in [5, 5.41) is 3.66. The fourth-order valence-corrected chi connectivity index (χ4v) is 2.80. The summed E-state index contributed by atoms with van der Waals surface area (Å²) < 4.78 is 13.1. The molecule has 2 rings (SSSR count). The number of nitrogens with one attached hydrogen (secondary N) is 1. The molecule has 0 unspecified atom stereocenters. The highest BCUT2D eigenvalue weighted by atomic mass is 35.5. The van der Waals surface area contributed by atoms with Crippen LogP contribution in [0.1, 0.15) is 4.88 Å². The van der Waals surface area contributed by atoms with E-state index in [0.29, 0.717) is 5.02 Å². The minimum absolute atomic E-state index is 0.261. The lowest BCUT2D eigenvalue weighted by Crippen LogP contribution is -2.02. The molecule has 0 aliphatic rings. The standard InChI is InChI=1S/C12H11ClFNS/c1-15-7-9-3-5-12(16-9)10-6-8(14)2-4-11(10)13/h2-6,15H,7H2,1H3. The maximum absolute atomic E-state index is 13.1. The molecule has 1 N–H and O–H groups in total. The highest BCUT2D eigenvalue weighted by Gasteiger charge is 2.07.